The second-order valence-corrected chi connectivity index (χ2v) is 17.8. The van der Waals surface area contributed by atoms with Crippen LogP contribution in [-0.4, -0.2) is 52.1 Å². The molecule has 0 saturated carbocycles. The molecule has 2 saturated heterocycles. The van der Waals surface area contributed by atoms with Crippen LogP contribution in [0.2, 0.25) is 0 Å². The molecule has 14 heteroatoms. The van der Waals surface area contributed by atoms with Crippen molar-refractivity contribution in [3.8, 4) is 11.1 Å². The van der Waals surface area contributed by atoms with Gasteiger partial charge in [-0.3, -0.25) is 0 Å². The number of hydrogen-bond acceptors (Lipinski definition) is 4. The van der Waals surface area contributed by atoms with Crippen LogP contribution in [-0.2, 0) is 11.1 Å². The summed E-state index contributed by atoms with van der Waals surface area (Å²) in [7, 11) is -1.51. The van der Waals surface area contributed by atoms with E-state index in [4.69, 9.17) is 10.0 Å². The summed E-state index contributed by atoms with van der Waals surface area (Å²) >= 11 is 3.44. The molecule has 0 aromatic heterocycles. The van der Waals surface area contributed by atoms with E-state index in [-0.39, 0.29) is 47.4 Å². The third-order valence-electron chi connectivity index (χ3n) is 12.6. The van der Waals surface area contributed by atoms with E-state index in [2.05, 4.69) is 39.7 Å². The first kappa shape index (κ1) is 50.9. The Kier molecular flexibility index (Phi) is 17.2. The zero-order valence-electron chi connectivity index (χ0n) is 37.9. The number of hydrogen-bond donors (Lipinski definition) is 4. The molecular formula is C54H54BBrF4N4O4. The van der Waals surface area contributed by atoms with Crippen molar-refractivity contribution in [2.24, 2.45) is 0 Å². The van der Waals surface area contributed by atoms with Gasteiger partial charge in [-0.15, -0.1) is 13.2 Å². The lowest BCUT2D eigenvalue weighted by atomic mass is 9.80. The molecule has 4 N–H and O–H groups in total. The zero-order chi connectivity index (χ0) is 49.0. The van der Waals surface area contributed by atoms with Crippen LogP contribution in [0.25, 0.3) is 11.1 Å². The van der Waals surface area contributed by atoms with Gasteiger partial charge in [-0.1, -0.05) is 113 Å². The maximum atomic E-state index is 13.4. The van der Waals surface area contributed by atoms with Gasteiger partial charge in [0.2, 0.25) is 0 Å². The number of benzene rings is 6. The third-order valence-corrected chi connectivity index (χ3v) is 13.1. The number of carbonyl (C=O) groups excluding carboxylic acids is 2. The summed E-state index contributed by atoms with van der Waals surface area (Å²) in [6.45, 7) is 12.9. The van der Waals surface area contributed by atoms with Gasteiger partial charge >= 0.3 is 19.2 Å². The molecule has 0 unspecified atom stereocenters. The lowest BCUT2D eigenvalue weighted by Gasteiger charge is -2.44. The molecular weight excluding hydrogens is 935 g/mol. The molecule has 352 valence electrons. The summed E-state index contributed by atoms with van der Waals surface area (Å²) in [5.74, 6) is -1.23. The molecule has 4 atom stereocenters. The fraction of sp³-hybridized carbons (Fsp3) is 0.222. The van der Waals surface area contributed by atoms with Gasteiger partial charge in [0.05, 0.1) is 23.2 Å². The molecule has 2 aliphatic heterocycles. The monoisotopic (exact) mass is 988 g/mol. The summed E-state index contributed by atoms with van der Waals surface area (Å²) in [5, 5.41) is 23.4. The Morgan fingerprint density at radius 3 is 1.24 bits per heavy atom. The Hall–Kier alpha value is -6.48. The number of nitrogens with one attached hydrogen (secondary N) is 2. The zero-order valence-corrected chi connectivity index (χ0v) is 39.5. The minimum Gasteiger partial charge on any atom is -0.423 e. The van der Waals surface area contributed by atoms with Crippen molar-refractivity contribution < 1.29 is 37.2 Å². The summed E-state index contributed by atoms with van der Waals surface area (Å²) in [6, 6.07) is 39.6. The van der Waals surface area contributed by atoms with Crippen LogP contribution in [0.4, 0.5) is 27.2 Å². The summed E-state index contributed by atoms with van der Waals surface area (Å²) < 4.78 is 53.1. The van der Waals surface area contributed by atoms with Crippen LogP contribution >= 0.6 is 15.9 Å². The molecule has 8 nitrogen and oxygen atoms in total. The van der Waals surface area contributed by atoms with Crippen LogP contribution < -0.4 is 16.1 Å². The molecule has 2 fully saturated rings. The molecule has 6 aromatic rings. The standard InChI is InChI=1S/C27H26F2N2O.C21H22BrFN2O.C6H6BFO2/c1-3-16-27(23-10-14-25(29)15-11-23)17-18-31(26(32)30-27)19(2)20-4-6-21(7-5-20)22-8-12-24(28)13-9-22;1-3-12-21(17-6-10-19(23)11-7-17)13-14-25(20(26)24-21)15(2)16-4-8-18(22)9-5-16;8-6-3-1-5(2-4-6)7(9)10/h3-15,19H,1,16-18H2,2H3,(H,30,32);3-11,15H,1,12-14H2,2H3,(H,24,26);1-4,9-10H/t19-,27-;15-,21-;/m00./s1. The molecule has 2 heterocycles. The highest BCUT2D eigenvalue weighted by Crippen LogP contribution is 2.37. The van der Waals surface area contributed by atoms with Crippen molar-refractivity contribution in [2.75, 3.05) is 13.1 Å². The number of nitrogens with zero attached hydrogens (tertiary/aromatic N) is 2. The van der Waals surface area contributed by atoms with E-state index in [0.717, 1.165) is 44.3 Å². The van der Waals surface area contributed by atoms with E-state index in [9.17, 15) is 27.2 Å². The maximum Gasteiger partial charge on any atom is 0.488 e. The SMILES string of the molecule is C=CC[C@@]1(c2ccc(F)cc2)CCN([C@@H](C)c2ccc(-c3ccc(F)cc3)cc2)C(=O)N1.C=CC[C@@]1(c2ccc(F)cc2)CCN([C@@H](C)c2ccc(Br)cc2)C(=O)N1.OB(O)c1ccc(F)cc1. The van der Waals surface area contributed by atoms with E-state index in [1.165, 1.54) is 60.7 Å². The first-order chi connectivity index (χ1) is 32.6. The van der Waals surface area contributed by atoms with E-state index in [1.807, 2.05) is 72.2 Å². The van der Waals surface area contributed by atoms with Crippen molar-refractivity contribution in [1.29, 1.82) is 0 Å². The minimum atomic E-state index is -1.51. The minimum absolute atomic E-state index is 0.0296. The predicted molar refractivity (Wildman–Crippen MR) is 265 cm³/mol. The molecule has 4 amide bonds. The van der Waals surface area contributed by atoms with Crippen LogP contribution in [0.15, 0.2) is 175 Å². The number of urea groups is 2. The predicted octanol–water partition coefficient (Wildman–Crippen LogP) is 11.6. The molecule has 6 aromatic carbocycles. The van der Waals surface area contributed by atoms with Crippen LogP contribution in [0, 0.1) is 23.3 Å². The lowest BCUT2D eigenvalue weighted by molar-refractivity contribution is 0.125. The molecule has 0 aliphatic carbocycles. The van der Waals surface area contributed by atoms with Gasteiger partial charge in [0.15, 0.2) is 0 Å². The Morgan fingerprint density at radius 2 is 0.897 bits per heavy atom. The van der Waals surface area contributed by atoms with Gasteiger partial charge in [0.25, 0.3) is 0 Å². The average Bonchev–Trinajstić information content (AvgIpc) is 3.33. The highest BCUT2D eigenvalue weighted by atomic mass is 79.9. The number of amides is 4. The molecule has 0 radical (unpaired) electrons. The summed E-state index contributed by atoms with van der Waals surface area (Å²) in [5.41, 5.74) is 4.98. The smallest absolute Gasteiger partial charge is 0.423 e. The Balaban J connectivity index is 0.000000189. The Bertz CT molecular complexity index is 2620. The van der Waals surface area contributed by atoms with E-state index in [1.54, 1.807) is 48.6 Å². The number of halogens is 5. The largest absolute Gasteiger partial charge is 0.488 e. The fourth-order valence-corrected chi connectivity index (χ4v) is 8.85. The molecule has 0 spiro atoms. The number of rotatable bonds is 12. The second-order valence-electron chi connectivity index (χ2n) is 16.9. The van der Waals surface area contributed by atoms with Gasteiger partial charge < -0.3 is 30.5 Å². The topological polar surface area (TPSA) is 105 Å². The quantitative estimate of drug-likeness (QED) is 0.0557. The highest BCUT2D eigenvalue weighted by Gasteiger charge is 2.41. The summed E-state index contributed by atoms with van der Waals surface area (Å²) in [4.78, 5) is 29.7. The maximum absolute atomic E-state index is 13.4. The van der Waals surface area contributed by atoms with Crippen LogP contribution in [0.1, 0.15) is 73.9 Å². The van der Waals surface area contributed by atoms with Gasteiger partial charge in [-0.05, 0) is 139 Å². The van der Waals surface area contributed by atoms with E-state index >= 15 is 0 Å². The van der Waals surface area contributed by atoms with Gasteiger partial charge in [-0.25, -0.2) is 27.2 Å². The van der Waals surface area contributed by atoms with Gasteiger partial charge in [0.1, 0.15) is 23.3 Å². The van der Waals surface area contributed by atoms with Gasteiger partial charge in [0, 0.05) is 17.6 Å². The normalized spacial score (nSPS) is 18.6. The van der Waals surface area contributed by atoms with Crippen molar-refractivity contribution in [3.63, 3.8) is 0 Å². The highest BCUT2D eigenvalue weighted by molar-refractivity contribution is 9.10. The van der Waals surface area contributed by atoms with Gasteiger partial charge in [-0.2, -0.15) is 0 Å². The average molecular weight is 990 g/mol. The summed E-state index contributed by atoms with van der Waals surface area (Å²) in [6.07, 6.45) is 6.18. The first-order valence-electron chi connectivity index (χ1n) is 22.2. The first-order valence-corrected chi connectivity index (χ1v) is 23.0. The van der Waals surface area contributed by atoms with Crippen molar-refractivity contribution >= 4 is 40.6 Å². The lowest BCUT2D eigenvalue weighted by Crippen LogP contribution is -2.58. The molecule has 0 bridgehead atoms. The second kappa shape index (κ2) is 23.0. The van der Waals surface area contributed by atoms with E-state index < -0.39 is 18.2 Å². The van der Waals surface area contributed by atoms with Crippen LogP contribution in [0.3, 0.4) is 0 Å². The Labute approximate surface area is 404 Å². The Morgan fingerprint density at radius 1 is 0.574 bits per heavy atom. The van der Waals surface area contributed by atoms with Crippen LogP contribution in [0.5, 0.6) is 0 Å². The van der Waals surface area contributed by atoms with Crippen molar-refractivity contribution in [3.05, 3.63) is 221 Å². The van der Waals surface area contributed by atoms with Crippen molar-refractivity contribution in [1.82, 2.24) is 20.4 Å². The molecule has 68 heavy (non-hydrogen) atoms. The molecule has 2 aliphatic rings. The van der Waals surface area contributed by atoms with E-state index in [0.29, 0.717) is 37.8 Å². The van der Waals surface area contributed by atoms with Crippen molar-refractivity contribution in [2.45, 2.75) is 62.7 Å². The fourth-order valence-electron chi connectivity index (χ4n) is 8.58. The molecule has 8 rings (SSSR count). The number of carbonyl (C=O) groups is 2. The third kappa shape index (κ3) is 12.5.